The highest BCUT2D eigenvalue weighted by Crippen LogP contribution is 2.25. The maximum absolute atomic E-state index is 13.8. The van der Waals surface area contributed by atoms with Crippen LogP contribution in [0, 0.1) is 5.82 Å². The van der Waals surface area contributed by atoms with Gasteiger partial charge in [-0.1, -0.05) is 51.8 Å². The number of hydrogen-bond acceptors (Lipinski definition) is 1. The highest BCUT2D eigenvalue weighted by molar-refractivity contribution is 9.10. The number of benzene rings is 2. The Labute approximate surface area is 119 Å². The summed E-state index contributed by atoms with van der Waals surface area (Å²) in [5, 5.41) is 0.109. The summed E-state index contributed by atoms with van der Waals surface area (Å²) < 4.78 is 14.8. The van der Waals surface area contributed by atoms with Crippen LogP contribution >= 0.6 is 27.5 Å². The minimum Gasteiger partial charge on any atom is -0.324 e. The van der Waals surface area contributed by atoms with Crippen molar-refractivity contribution in [2.45, 2.75) is 12.5 Å². The third kappa shape index (κ3) is 3.10. The molecule has 0 bridgehead atoms. The Bertz CT molecular complexity index is 559. The van der Waals surface area contributed by atoms with E-state index in [2.05, 4.69) is 15.9 Å². The second-order valence-electron chi connectivity index (χ2n) is 4.08. The van der Waals surface area contributed by atoms with Crippen molar-refractivity contribution in [3.8, 4) is 0 Å². The Morgan fingerprint density at radius 3 is 2.67 bits per heavy atom. The Kier molecular flexibility index (Phi) is 4.38. The van der Waals surface area contributed by atoms with E-state index in [1.165, 1.54) is 6.07 Å². The molecule has 94 valence electrons. The second kappa shape index (κ2) is 5.83. The van der Waals surface area contributed by atoms with Crippen molar-refractivity contribution in [1.29, 1.82) is 0 Å². The molecule has 4 heteroatoms. The van der Waals surface area contributed by atoms with Crippen LogP contribution in [0.2, 0.25) is 5.02 Å². The lowest BCUT2D eigenvalue weighted by atomic mass is 9.99. The summed E-state index contributed by atoms with van der Waals surface area (Å²) >= 11 is 9.15. The number of nitrogens with two attached hydrogens (primary N) is 1. The maximum Gasteiger partial charge on any atom is 0.146 e. The van der Waals surface area contributed by atoms with Crippen LogP contribution in [0.5, 0.6) is 0 Å². The molecule has 0 spiro atoms. The number of hydrogen-bond donors (Lipinski definition) is 1. The molecule has 0 saturated carbocycles. The minimum absolute atomic E-state index is 0.109. The van der Waals surface area contributed by atoms with E-state index in [9.17, 15) is 4.39 Å². The van der Waals surface area contributed by atoms with E-state index in [0.717, 1.165) is 10.0 Å². The first-order valence-corrected chi connectivity index (χ1v) is 6.69. The fourth-order valence-electron chi connectivity index (χ4n) is 1.83. The van der Waals surface area contributed by atoms with E-state index in [1.54, 1.807) is 12.1 Å². The van der Waals surface area contributed by atoms with Crippen molar-refractivity contribution in [3.05, 3.63) is 68.9 Å². The summed E-state index contributed by atoms with van der Waals surface area (Å²) in [5.74, 6) is -0.429. The Morgan fingerprint density at radius 2 is 1.94 bits per heavy atom. The minimum atomic E-state index is -0.429. The van der Waals surface area contributed by atoms with Gasteiger partial charge in [-0.2, -0.15) is 0 Å². The lowest BCUT2D eigenvalue weighted by Crippen LogP contribution is -2.15. The van der Waals surface area contributed by atoms with E-state index in [-0.39, 0.29) is 5.02 Å². The molecule has 0 saturated heterocycles. The third-order valence-corrected chi connectivity index (χ3v) is 3.51. The van der Waals surface area contributed by atoms with Gasteiger partial charge in [-0.05, 0) is 30.2 Å². The van der Waals surface area contributed by atoms with E-state index in [1.807, 2.05) is 24.3 Å². The predicted octanol–water partition coefficient (Wildman–Crippen LogP) is 4.48. The topological polar surface area (TPSA) is 26.0 Å². The summed E-state index contributed by atoms with van der Waals surface area (Å²) in [7, 11) is 0. The van der Waals surface area contributed by atoms with Crippen LogP contribution in [0.25, 0.3) is 0 Å². The first kappa shape index (κ1) is 13.5. The molecule has 1 atom stereocenters. The molecule has 0 amide bonds. The SMILES string of the molecule is NC(Cc1cccc(Br)c1)c1cccc(Cl)c1F. The van der Waals surface area contributed by atoms with Gasteiger partial charge >= 0.3 is 0 Å². The molecule has 2 aromatic rings. The first-order chi connectivity index (χ1) is 8.58. The summed E-state index contributed by atoms with van der Waals surface area (Å²) in [5.41, 5.74) is 7.53. The van der Waals surface area contributed by atoms with Gasteiger partial charge in [-0.15, -0.1) is 0 Å². The van der Waals surface area contributed by atoms with E-state index >= 15 is 0 Å². The molecule has 0 aromatic heterocycles. The molecule has 0 heterocycles. The zero-order valence-electron chi connectivity index (χ0n) is 9.54. The van der Waals surface area contributed by atoms with Crippen molar-refractivity contribution in [3.63, 3.8) is 0 Å². The molecular formula is C14H12BrClFN. The van der Waals surface area contributed by atoms with E-state index in [4.69, 9.17) is 17.3 Å². The highest BCUT2D eigenvalue weighted by atomic mass is 79.9. The van der Waals surface area contributed by atoms with Crippen LogP contribution in [-0.4, -0.2) is 0 Å². The predicted molar refractivity (Wildman–Crippen MR) is 76.2 cm³/mol. The largest absolute Gasteiger partial charge is 0.324 e. The third-order valence-electron chi connectivity index (χ3n) is 2.73. The van der Waals surface area contributed by atoms with E-state index in [0.29, 0.717) is 12.0 Å². The highest BCUT2D eigenvalue weighted by Gasteiger charge is 2.14. The van der Waals surface area contributed by atoms with Crippen molar-refractivity contribution in [2.75, 3.05) is 0 Å². The number of halogens is 3. The van der Waals surface area contributed by atoms with Crippen LogP contribution < -0.4 is 5.73 Å². The molecule has 0 aliphatic heterocycles. The first-order valence-electron chi connectivity index (χ1n) is 5.52. The fraction of sp³-hybridized carbons (Fsp3) is 0.143. The van der Waals surface area contributed by atoms with Gasteiger partial charge in [0.05, 0.1) is 5.02 Å². The zero-order valence-corrected chi connectivity index (χ0v) is 11.9. The van der Waals surface area contributed by atoms with E-state index < -0.39 is 11.9 Å². The van der Waals surface area contributed by atoms with Crippen LogP contribution in [0.3, 0.4) is 0 Å². The van der Waals surface area contributed by atoms with Crippen molar-refractivity contribution < 1.29 is 4.39 Å². The Hall–Kier alpha value is -0.900. The summed E-state index contributed by atoms with van der Waals surface area (Å²) in [6.07, 6.45) is 0.566. The second-order valence-corrected chi connectivity index (χ2v) is 5.41. The summed E-state index contributed by atoms with van der Waals surface area (Å²) in [4.78, 5) is 0. The molecule has 0 fully saturated rings. The van der Waals surface area contributed by atoms with Gasteiger partial charge in [0.1, 0.15) is 5.82 Å². The van der Waals surface area contributed by atoms with Crippen molar-refractivity contribution >= 4 is 27.5 Å². The summed E-state index contributed by atoms with van der Waals surface area (Å²) in [6, 6.07) is 12.3. The van der Waals surface area contributed by atoms with Gasteiger partial charge in [-0.25, -0.2) is 4.39 Å². The number of rotatable bonds is 3. The van der Waals surface area contributed by atoms with Gasteiger partial charge in [-0.3, -0.25) is 0 Å². The molecule has 18 heavy (non-hydrogen) atoms. The van der Waals surface area contributed by atoms with Crippen molar-refractivity contribution in [2.24, 2.45) is 5.73 Å². The van der Waals surface area contributed by atoms with Gasteiger partial charge in [0.25, 0.3) is 0 Å². The van der Waals surface area contributed by atoms with Gasteiger partial charge in [0.2, 0.25) is 0 Å². The van der Waals surface area contributed by atoms with Crippen LogP contribution in [0.1, 0.15) is 17.2 Å². The van der Waals surface area contributed by atoms with Gasteiger partial charge in [0, 0.05) is 16.1 Å². The average molecular weight is 329 g/mol. The summed E-state index contributed by atoms with van der Waals surface area (Å²) in [6.45, 7) is 0. The lowest BCUT2D eigenvalue weighted by molar-refractivity contribution is 0.581. The molecule has 2 N–H and O–H groups in total. The molecular weight excluding hydrogens is 317 g/mol. The average Bonchev–Trinajstić information content (AvgIpc) is 2.32. The quantitative estimate of drug-likeness (QED) is 0.883. The van der Waals surface area contributed by atoms with Crippen LogP contribution in [0.15, 0.2) is 46.9 Å². The van der Waals surface area contributed by atoms with Gasteiger partial charge in [0.15, 0.2) is 0 Å². The zero-order chi connectivity index (χ0) is 13.1. The van der Waals surface area contributed by atoms with Crippen molar-refractivity contribution in [1.82, 2.24) is 0 Å². The Morgan fingerprint density at radius 1 is 1.22 bits per heavy atom. The molecule has 2 aromatic carbocycles. The Balaban J connectivity index is 2.22. The molecule has 0 aliphatic carbocycles. The molecule has 1 nitrogen and oxygen atoms in total. The molecule has 0 radical (unpaired) electrons. The monoisotopic (exact) mass is 327 g/mol. The van der Waals surface area contributed by atoms with Crippen LogP contribution in [-0.2, 0) is 6.42 Å². The lowest BCUT2D eigenvalue weighted by Gasteiger charge is -2.14. The smallest absolute Gasteiger partial charge is 0.146 e. The van der Waals surface area contributed by atoms with Crippen LogP contribution in [0.4, 0.5) is 4.39 Å². The normalized spacial score (nSPS) is 12.4. The maximum atomic E-state index is 13.8. The molecule has 2 rings (SSSR count). The molecule has 1 unspecified atom stereocenters. The molecule has 0 aliphatic rings. The van der Waals surface area contributed by atoms with Gasteiger partial charge < -0.3 is 5.73 Å². The standard InChI is InChI=1S/C14H12BrClFN/c15-10-4-1-3-9(7-10)8-13(18)11-5-2-6-12(16)14(11)17/h1-7,13H,8,18H2. The fourth-order valence-corrected chi connectivity index (χ4v) is 2.46.